The van der Waals surface area contributed by atoms with Gasteiger partial charge in [-0.25, -0.2) is 4.98 Å². The molecule has 4 aromatic rings. The summed E-state index contributed by atoms with van der Waals surface area (Å²) >= 11 is 6.37. The first-order valence-corrected chi connectivity index (χ1v) is 9.39. The van der Waals surface area contributed by atoms with E-state index < -0.39 is 0 Å². The number of oxazole rings is 1. The molecule has 0 atom stereocenters. The van der Waals surface area contributed by atoms with Gasteiger partial charge in [0.2, 0.25) is 11.8 Å². The molecule has 0 unspecified atom stereocenters. The first-order chi connectivity index (χ1) is 13.5. The van der Waals surface area contributed by atoms with Crippen molar-refractivity contribution in [3.8, 4) is 11.5 Å². The highest BCUT2D eigenvalue weighted by Gasteiger charge is 2.14. The van der Waals surface area contributed by atoms with E-state index in [1.54, 1.807) is 18.2 Å². The Labute approximate surface area is 168 Å². The van der Waals surface area contributed by atoms with E-state index in [2.05, 4.69) is 10.3 Å². The second kappa shape index (κ2) is 7.49. The molecule has 0 bridgehead atoms. The van der Waals surface area contributed by atoms with Crippen LogP contribution in [0.4, 0.5) is 5.69 Å². The number of benzene rings is 3. The summed E-state index contributed by atoms with van der Waals surface area (Å²) in [6.45, 7) is 4.08. The van der Waals surface area contributed by atoms with Crippen LogP contribution in [0.3, 0.4) is 0 Å². The molecule has 1 aromatic heterocycles. The molecular weight excluding hydrogens is 372 g/mol. The molecule has 5 heteroatoms. The largest absolute Gasteiger partial charge is 0.436 e. The Hall–Kier alpha value is -3.11. The lowest BCUT2D eigenvalue weighted by molar-refractivity contribution is -0.115. The van der Waals surface area contributed by atoms with Crippen molar-refractivity contribution in [2.24, 2.45) is 0 Å². The molecule has 0 fully saturated rings. The molecule has 0 radical (unpaired) electrons. The molecule has 0 aliphatic carbocycles. The molecular formula is C23H19ClN2O2. The predicted molar refractivity (Wildman–Crippen MR) is 113 cm³/mol. The van der Waals surface area contributed by atoms with Gasteiger partial charge in [0.25, 0.3) is 0 Å². The Morgan fingerprint density at radius 3 is 2.57 bits per heavy atom. The third-order valence-corrected chi connectivity index (χ3v) is 5.02. The van der Waals surface area contributed by atoms with Gasteiger partial charge in [0.1, 0.15) is 5.52 Å². The van der Waals surface area contributed by atoms with Crippen LogP contribution in [-0.2, 0) is 11.2 Å². The summed E-state index contributed by atoms with van der Waals surface area (Å²) < 4.78 is 5.92. The van der Waals surface area contributed by atoms with Gasteiger partial charge in [-0.1, -0.05) is 41.9 Å². The van der Waals surface area contributed by atoms with E-state index in [1.807, 2.05) is 56.3 Å². The number of fused-ring (bicyclic) bond motifs is 1. The summed E-state index contributed by atoms with van der Waals surface area (Å²) in [5.41, 5.74) is 6.04. The first-order valence-electron chi connectivity index (χ1n) is 9.01. The Balaban J connectivity index is 1.61. The SMILES string of the molecule is Cc1cc2nc(-c3cc(NC(=O)Cc4ccccc4)ccc3Cl)oc2cc1C. The number of carbonyl (C=O) groups is 1. The van der Waals surface area contributed by atoms with Gasteiger partial charge in [-0.15, -0.1) is 0 Å². The van der Waals surface area contributed by atoms with E-state index in [4.69, 9.17) is 16.0 Å². The van der Waals surface area contributed by atoms with Crippen molar-refractivity contribution in [2.45, 2.75) is 20.3 Å². The number of hydrogen-bond donors (Lipinski definition) is 1. The van der Waals surface area contributed by atoms with Crippen LogP contribution in [-0.4, -0.2) is 10.9 Å². The highest BCUT2D eigenvalue weighted by Crippen LogP contribution is 2.33. The number of carbonyl (C=O) groups excluding carboxylic acids is 1. The Morgan fingerprint density at radius 2 is 1.79 bits per heavy atom. The van der Waals surface area contributed by atoms with Crippen LogP contribution >= 0.6 is 11.6 Å². The molecule has 1 amide bonds. The van der Waals surface area contributed by atoms with Crippen LogP contribution in [0, 0.1) is 13.8 Å². The number of amides is 1. The monoisotopic (exact) mass is 390 g/mol. The van der Waals surface area contributed by atoms with Crippen molar-refractivity contribution in [3.05, 3.63) is 82.4 Å². The standard InChI is InChI=1S/C23H19ClN2O2/c1-14-10-20-21(11-15(14)2)28-23(26-20)18-13-17(8-9-19(18)24)25-22(27)12-16-6-4-3-5-7-16/h3-11,13H,12H2,1-2H3,(H,25,27). The zero-order chi connectivity index (χ0) is 19.7. The van der Waals surface area contributed by atoms with Crippen molar-refractivity contribution >= 4 is 34.3 Å². The van der Waals surface area contributed by atoms with Crippen LogP contribution in [0.5, 0.6) is 0 Å². The van der Waals surface area contributed by atoms with Gasteiger partial charge >= 0.3 is 0 Å². The van der Waals surface area contributed by atoms with Crippen LogP contribution in [0.1, 0.15) is 16.7 Å². The molecule has 3 aromatic carbocycles. The minimum atomic E-state index is -0.0942. The zero-order valence-electron chi connectivity index (χ0n) is 15.6. The predicted octanol–water partition coefficient (Wildman–Crippen LogP) is 5.95. The second-order valence-electron chi connectivity index (χ2n) is 6.83. The summed E-state index contributed by atoms with van der Waals surface area (Å²) in [5.74, 6) is 0.340. The maximum atomic E-state index is 12.3. The molecule has 0 spiro atoms. The highest BCUT2D eigenvalue weighted by molar-refractivity contribution is 6.33. The molecule has 4 rings (SSSR count). The van der Waals surface area contributed by atoms with Gasteiger partial charge in [0, 0.05) is 5.69 Å². The van der Waals surface area contributed by atoms with E-state index in [-0.39, 0.29) is 5.91 Å². The number of halogens is 1. The third-order valence-electron chi connectivity index (χ3n) is 4.69. The van der Waals surface area contributed by atoms with E-state index in [0.29, 0.717) is 34.2 Å². The van der Waals surface area contributed by atoms with Crippen molar-refractivity contribution in [3.63, 3.8) is 0 Å². The van der Waals surface area contributed by atoms with Gasteiger partial charge in [-0.3, -0.25) is 4.79 Å². The number of hydrogen-bond acceptors (Lipinski definition) is 3. The fourth-order valence-electron chi connectivity index (χ4n) is 3.05. The molecule has 1 N–H and O–H groups in total. The fourth-order valence-corrected chi connectivity index (χ4v) is 3.25. The lowest BCUT2D eigenvalue weighted by Gasteiger charge is -2.08. The molecule has 0 saturated heterocycles. The molecule has 1 heterocycles. The Bertz CT molecular complexity index is 1130. The van der Waals surface area contributed by atoms with Gasteiger partial charge in [-0.2, -0.15) is 0 Å². The van der Waals surface area contributed by atoms with Crippen LogP contribution in [0.25, 0.3) is 22.6 Å². The Kier molecular flexibility index (Phi) is 4.88. The molecule has 28 heavy (non-hydrogen) atoms. The van der Waals surface area contributed by atoms with Gasteiger partial charge in [-0.05, 0) is 60.9 Å². The quantitative estimate of drug-likeness (QED) is 0.468. The average Bonchev–Trinajstić information content (AvgIpc) is 3.07. The van der Waals surface area contributed by atoms with E-state index in [1.165, 1.54) is 0 Å². The minimum absolute atomic E-state index is 0.0942. The van der Waals surface area contributed by atoms with Gasteiger partial charge in [0.15, 0.2) is 5.58 Å². The summed E-state index contributed by atoms with van der Waals surface area (Å²) in [7, 11) is 0. The average molecular weight is 391 g/mol. The smallest absolute Gasteiger partial charge is 0.228 e. The molecule has 4 nitrogen and oxygen atoms in total. The van der Waals surface area contributed by atoms with Crippen LogP contribution in [0.2, 0.25) is 5.02 Å². The number of rotatable bonds is 4. The van der Waals surface area contributed by atoms with Crippen molar-refractivity contribution in [2.75, 3.05) is 5.32 Å². The maximum Gasteiger partial charge on any atom is 0.228 e. The highest BCUT2D eigenvalue weighted by atomic mass is 35.5. The molecule has 140 valence electrons. The zero-order valence-corrected chi connectivity index (χ0v) is 16.4. The molecule has 0 saturated carbocycles. The Morgan fingerprint density at radius 1 is 1.04 bits per heavy atom. The summed E-state index contributed by atoms with van der Waals surface area (Å²) in [4.78, 5) is 16.9. The second-order valence-corrected chi connectivity index (χ2v) is 7.24. The molecule has 0 aliphatic heterocycles. The summed E-state index contributed by atoms with van der Waals surface area (Å²) in [5, 5.41) is 3.43. The van der Waals surface area contributed by atoms with Crippen molar-refractivity contribution in [1.82, 2.24) is 4.98 Å². The molecule has 0 aliphatic rings. The topological polar surface area (TPSA) is 55.1 Å². The number of anilines is 1. The summed E-state index contributed by atoms with van der Waals surface area (Å²) in [6, 6.07) is 18.9. The lowest BCUT2D eigenvalue weighted by Crippen LogP contribution is -2.14. The minimum Gasteiger partial charge on any atom is -0.436 e. The summed E-state index contributed by atoms with van der Waals surface area (Å²) in [6.07, 6.45) is 0.306. The van der Waals surface area contributed by atoms with Crippen molar-refractivity contribution in [1.29, 1.82) is 0 Å². The first kappa shape index (κ1) is 18.3. The third kappa shape index (κ3) is 3.78. The van der Waals surface area contributed by atoms with E-state index in [0.717, 1.165) is 22.2 Å². The van der Waals surface area contributed by atoms with Gasteiger partial charge < -0.3 is 9.73 Å². The number of aromatic nitrogens is 1. The maximum absolute atomic E-state index is 12.3. The lowest BCUT2D eigenvalue weighted by atomic mass is 10.1. The number of aryl methyl sites for hydroxylation is 2. The van der Waals surface area contributed by atoms with E-state index >= 15 is 0 Å². The van der Waals surface area contributed by atoms with Crippen LogP contribution < -0.4 is 5.32 Å². The van der Waals surface area contributed by atoms with Crippen LogP contribution in [0.15, 0.2) is 65.1 Å². The number of nitrogens with zero attached hydrogens (tertiary/aromatic N) is 1. The van der Waals surface area contributed by atoms with E-state index in [9.17, 15) is 4.79 Å². The fraction of sp³-hybridized carbons (Fsp3) is 0.130. The number of nitrogens with one attached hydrogen (secondary N) is 1. The van der Waals surface area contributed by atoms with Crippen molar-refractivity contribution < 1.29 is 9.21 Å². The normalized spacial score (nSPS) is 11.0. The van der Waals surface area contributed by atoms with Gasteiger partial charge in [0.05, 0.1) is 17.0 Å².